The van der Waals surface area contributed by atoms with Gasteiger partial charge in [0.1, 0.15) is 0 Å². The summed E-state index contributed by atoms with van der Waals surface area (Å²) in [7, 11) is 0. The molecule has 0 bridgehead atoms. The lowest BCUT2D eigenvalue weighted by Crippen LogP contribution is -2.27. The number of nitrogens with two attached hydrogens (primary N) is 1. The van der Waals surface area contributed by atoms with E-state index < -0.39 is 0 Å². The number of aryl methyl sites for hydroxylation is 1. The van der Waals surface area contributed by atoms with Crippen LogP contribution in [-0.2, 0) is 12.8 Å². The molecule has 1 atom stereocenters. The molecule has 6 nitrogen and oxygen atoms in total. The van der Waals surface area contributed by atoms with Gasteiger partial charge in [0.2, 0.25) is 5.56 Å². The van der Waals surface area contributed by atoms with Crippen molar-refractivity contribution in [3.8, 4) is 0 Å². The molecular weight excluding hydrogens is 276 g/mol. The van der Waals surface area contributed by atoms with Gasteiger partial charge in [-0.1, -0.05) is 0 Å². The van der Waals surface area contributed by atoms with Crippen molar-refractivity contribution >= 4 is 22.4 Å². The molecule has 0 aromatic carbocycles. The molecule has 1 amide bonds. The van der Waals surface area contributed by atoms with Gasteiger partial charge in [-0.15, -0.1) is 11.3 Å². The Balaban J connectivity index is 1.78. The third kappa shape index (κ3) is 2.63. The summed E-state index contributed by atoms with van der Waals surface area (Å²) in [5, 5.41) is 3.30. The van der Waals surface area contributed by atoms with Crippen molar-refractivity contribution in [3.63, 3.8) is 0 Å². The number of nitrogens with one attached hydrogen (secondary N) is 2. The van der Waals surface area contributed by atoms with Gasteiger partial charge in [-0.2, -0.15) is 0 Å². The van der Waals surface area contributed by atoms with Crippen LogP contribution in [0.2, 0.25) is 0 Å². The van der Waals surface area contributed by atoms with E-state index in [0.717, 1.165) is 29.8 Å². The second-order valence-corrected chi connectivity index (χ2v) is 5.87. The van der Waals surface area contributed by atoms with E-state index in [2.05, 4.69) is 15.3 Å². The van der Waals surface area contributed by atoms with E-state index in [1.165, 1.54) is 23.6 Å². The monoisotopic (exact) mass is 290 g/mol. The highest BCUT2D eigenvalue weighted by Gasteiger charge is 2.20. The normalized spacial score (nSPS) is 17.6. The predicted octanol–water partition coefficient (Wildman–Crippen LogP) is 0.900. The van der Waals surface area contributed by atoms with Gasteiger partial charge in [-0.25, -0.2) is 4.98 Å². The van der Waals surface area contributed by atoms with Crippen molar-refractivity contribution in [2.75, 3.05) is 5.32 Å². The highest BCUT2D eigenvalue weighted by atomic mass is 32.1. The second kappa shape index (κ2) is 5.18. The van der Waals surface area contributed by atoms with Crippen molar-refractivity contribution in [3.05, 3.63) is 44.8 Å². The molecule has 0 saturated carbocycles. The maximum atomic E-state index is 12.0. The first-order valence-electron chi connectivity index (χ1n) is 6.36. The fourth-order valence-corrected chi connectivity index (χ4v) is 3.30. The van der Waals surface area contributed by atoms with Gasteiger partial charge in [0.15, 0.2) is 5.13 Å². The smallest absolute Gasteiger partial charge is 0.257 e. The zero-order valence-corrected chi connectivity index (χ0v) is 11.5. The molecule has 0 radical (unpaired) electrons. The van der Waals surface area contributed by atoms with Crippen molar-refractivity contribution in [1.29, 1.82) is 0 Å². The van der Waals surface area contributed by atoms with Gasteiger partial charge in [0.25, 0.3) is 5.91 Å². The van der Waals surface area contributed by atoms with Crippen molar-refractivity contribution in [1.82, 2.24) is 9.97 Å². The molecule has 1 aliphatic carbocycles. The van der Waals surface area contributed by atoms with Crippen LogP contribution in [0, 0.1) is 0 Å². The molecule has 2 aromatic heterocycles. The molecule has 0 saturated heterocycles. The minimum Gasteiger partial charge on any atom is -0.329 e. The quantitative estimate of drug-likeness (QED) is 0.765. The molecular formula is C13H14N4O2S. The molecule has 0 aliphatic heterocycles. The highest BCUT2D eigenvalue weighted by molar-refractivity contribution is 7.15. The van der Waals surface area contributed by atoms with Gasteiger partial charge >= 0.3 is 0 Å². The van der Waals surface area contributed by atoms with Crippen LogP contribution in [0.1, 0.15) is 27.3 Å². The van der Waals surface area contributed by atoms with E-state index in [4.69, 9.17) is 5.73 Å². The molecule has 7 heteroatoms. The van der Waals surface area contributed by atoms with Crippen LogP contribution in [0.15, 0.2) is 23.1 Å². The molecule has 2 aromatic rings. The molecule has 1 aliphatic rings. The lowest BCUT2D eigenvalue weighted by Gasteiger charge is -2.15. The summed E-state index contributed by atoms with van der Waals surface area (Å²) < 4.78 is 0. The van der Waals surface area contributed by atoms with Crippen LogP contribution < -0.4 is 16.6 Å². The molecule has 3 rings (SSSR count). The van der Waals surface area contributed by atoms with Gasteiger partial charge in [0, 0.05) is 28.7 Å². The van der Waals surface area contributed by atoms with E-state index in [0.29, 0.717) is 10.7 Å². The molecule has 0 fully saturated rings. The topological polar surface area (TPSA) is 101 Å². The van der Waals surface area contributed by atoms with Crippen LogP contribution in [-0.4, -0.2) is 21.9 Å². The predicted molar refractivity (Wildman–Crippen MR) is 77.1 cm³/mol. The summed E-state index contributed by atoms with van der Waals surface area (Å²) in [5.41, 5.74) is 6.96. The first kappa shape index (κ1) is 13.0. The van der Waals surface area contributed by atoms with E-state index in [-0.39, 0.29) is 17.5 Å². The summed E-state index contributed by atoms with van der Waals surface area (Å²) in [6.07, 6.45) is 4.04. The number of rotatable bonds is 2. The van der Waals surface area contributed by atoms with Crippen molar-refractivity contribution in [2.45, 2.75) is 25.3 Å². The summed E-state index contributed by atoms with van der Waals surface area (Å²) in [5.74, 6) is -0.327. The number of fused-ring (bicyclic) bond motifs is 1. The average molecular weight is 290 g/mol. The number of carbonyl (C=O) groups is 1. The molecule has 0 spiro atoms. The van der Waals surface area contributed by atoms with Crippen molar-refractivity contribution in [2.24, 2.45) is 5.73 Å². The number of H-pyrrole nitrogens is 1. The summed E-state index contributed by atoms with van der Waals surface area (Å²) >= 11 is 1.46. The van der Waals surface area contributed by atoms with Crippen LogP contribution >= 0.6 is 11.3 Å². The SMILES string of the molecule is N[C@H]1CCc2nc(NC(=O)c3cc[nH]c(=O)c3)sc2C1. The van der Waals surface area contributed by atoms with Gasteiger partial charge < -0.3 is 10.7 Å². The minimum absolute atomic E-state index is 0.180. The van der Waals surface area contributed by atoms with Gasteiger partial charge in [0.05, 0.1) is 5.69 Å². The minimum atomic E-state index is -0.327. The Hall–Kier alpha value is -1.99. The van der Waals surface area contributed by atoms with Crippen molar-refractivity contribution < 1.29 is 4.79 Å². The van der Waals surface area contributed by atoms with Gasteiger partial charge in [-0.3, -0.25) is 14.9 Å². The Morgan fingerprint density at radius 3 is 3.20 bits per heavy atom. The van der Waals surface area contributed by atoms with E-state index in [1.54, 1.807) is 6.07 Å². The number of pyridine rings is 1. The number of hydrogen-bond acceptors (Lipinski definition) is 5. The number of aromatic nitrogens is 2. The molecule has 4 N–H and O–H groups in total. The Labute approximate surface area is 119 Å². The number of hydrogen-bond donors (Lipinski definition) is 3. The molecule has 0 unspecified atom stereocenters. The highest BCUT2D eigenvalue weighted by Crippen LogP contribution is 2.29. The lowest BCUT2D eigenvalue weighted by molar-refractivity contribution is 0.102. The molecule has 20 heavy (non-hydrogen) atoms. The van der Waals surface area contributed by atoms with E-state index in [9.17, 15) is 9.59 Å². The van der Waals surface area contributed by atoms with Crippen LogP contribution in [0.25, 0.3) is 0 Å². The maximum Gasteiger partial charge on any atom is 0.257 e. The zero-order chi connectivity index (χ0) is 14.1. The summed E-state index contributed by atoms with van der Waals surface area (Å²) in [6, 6.07) is 3.00. The maximum absolute atomic E-state index is 12.0. The number of carbonyl (C=O) groups excluding carboxylic acids is 1. The average Bonchev–Trinajstić information content (AvgIpc) is 2.80. The number of thiazole rings is 1. The lowest BCUT2D eigenvalue weighted by atomic mass is 9.99. The largest absolute Gasteiger partial charge is 0.329 e. The third-order valence-corrected chi connectivity index (χ3v) is 4.27. The number of nitrogens with zero attached hydrogens (tertiary/aromatic N) is 1. The second-order valence-electron chi connectivity index (χ2n) is 4.79. The Kier molecular flexibility index (Phi) is 3.37. The Bertz CT molecular complexity index is 706. The number of aromatic amines is 1. The number of anilines is 1. The summed E-state index contributed by atoms with van der Waals surface area (Å²) in [6.45, 7) is 0. The fourth-order valence-electron chi connectivity index (χ4n) is 2.21. The first-order valence-corrected chi connectivity index (χ1v) is 7.18. The zero-order valence-electron chi connectivity index (χ0n) is 10.7. The van der Waals surface area contributed by atoms with Crippen LogP contribution in [0.4, 0.5) is 5.13 Å². The summed E-state index contributed by atoms with van der Waals surface area (Å²) in [4.78, 5) is 31.2. The first-order chi connectivity index (χ1) is 9.61. The number of amides is 1. The van der Waals surface area contributed by atoms with Crippen LogP contribution in [0.5, 0.6) is 0 Å². The molecule has 2 heterocycles. The Morgan fingerprint density at radius 1 is 1.55 bits per heavy atom. The third-order valence-electron chi connectivity index (χ3n) is 3.24. The van der Waals surface area contributed by atoms with E-state index in [1.807, 2.05) is 0 Å². The van der Waals surface area contributed by atoms with Gasteiger partial charge in [-0.05, 0) is 25.3 Å². The molecule has 104 valence electrons. The van der Waals surface area contributed by atoms with Crippen LogP contribution in [0.3, 0.4) is 0 Å². The fraction of sp³-hybridized carbons (Fsp3) is 0.308. The Morgan fingerprint density at radius 2 is 2.40 bits per heavy atom. The van der Waals surface area contributed by atoms with E-state index >= 15 is 0 Å². The standard InChI is InChI=1S/C13H14N4O2S/c14-8-1-2-9-10(6-8)20-13(16-9)17-12(19)7-3-4-15-11(18)5-7/h3-5,8H,1-2,6,14H2,(H,15,18)(H,16,17,19)/t8-/m0/s1.